The molecule has 0 bridgehead atoms. The van der Waals surface area contributed by atoms with Crippen molar-refractivity contribution < 1.29 is 19.1 Å². The molecule has 1 saturated heterocycles. The number of piperidine rings is 1. The van der Waals surface area contributed by atoms with Crippen LogP contribution in [0.25, 0.3) is 0 Å². The van der Waals surface area contributed by atoms with E-state index in [-0.39, 0.29) is 17.8 Å². The summed E-state index contributed by atoms with van der Waals surface area (Å²) in [5.74, 6) is 0.492. The number of benzene rings is 1. The largest absolute Gasteiger partial charge is 0.490 e. The van der Waals surface area contributed by atoms with Crippen LogP contribution in [-0.2, 0) is 14.3 Å². The highest BCUT2D eigenvalue weighted by atomic mass is 16.5. The molecular weight excluding hydrogens is 308 g/mol. The number of para-hydroxylation sites is 2. The zero-order valence-electron chi connectivity index (χ0n) is 14.1. The molecule has 1 fully saturated rings. The van der Waals surface area contributed by atoms with Crippen molar-refractivity contribution in [3.8, 4) is 5.75 Å². The van der Waals surface area contributed by atoms with Crippen LogP contribution < -0.4 is 9.64 Å². The highest BCUT2D eigenvalue weighted by Gasteiger charge is 2.30. The molecule has 0 aliphatic carbocycles. The lowest BCUT2D eigenvalue weighted by molar-refractivity contribution is -0.151. The Kier molecular flexibility index (Phi) is 5.23. The maximum atomic E-state index is 12.7. The molecule has 2 aliphatic heterocycles. The van der Waals surface area contributed by atoms with Crippen LogP contribution in [0.5, 0.6) is 5.75 Å². The van der Waals surface area contributed by atoms with Gasteiger partial charge in [0.2, 0.25) is 5.91 Å². The standard InChI is InChI=1S/C18H24N2O4/c1-2-23-18(22)14-6-5-9-20(12-14)17(21)13-19-10-11-24-16-8-4-3-7-15(16)19/h3-4,7-8,14H,2,5-6,9-13H2,1H3. The fraction of sp³-hybridized carbons (Fsp3) is 0.556. The third kappa shape index (κ3) is 3.63. The third-order valence-electron chi connectivity index (χ3n) is 4.54. The number of fused-ring (bicyclic) bond motifs is 1. The quantitative estimate of drug-likeness (QED) is 0.785. The molecule has 6 heteroatoms. The summed E-state index contributed by atoms with van der Waals surface area (Å²) >= 11 is 0. The first-order valence-electron chi connectivity index (χ1n) is 8.60. The average molecular weight is 332 g/mol. The van der Waals surface area contributed by atoms with E-state index in [0.717, 1.165) is 24.3 Å². The second-order valence-electron chi connectivity index (χ2n) is 6.17. The summed E-state index contributed by atoms with van der Waals surface area (Å²) in [6.45, 7) is 4.95. The Morgan fingerprint density at radius 1 is 1.29 bits per heavy atom. The first kappa shape index (κ1) is 16.6. The number of hydrogen-bond donors (Lipinski definition) is 0. The van der Waals surface area contributed by atoms with Gasteiger partial charge in [-0.2, -0.15) is 0 Å². The summed E-state index contributed by atoms with van der Waals surface area (Å²) in [5, 5.41) is 0. The molecule has 0 N–H and O–H groups in total. The molecule has 0 radical (unpaired) electrons. The Bertz CT molecular complexity index is 604. The normalized spacial score (nSPS) is 20.1. The first-order chi connectivity index (χ1) is 11.7. The molecule has 6 nitrogen and oxygen atoms in total. The minimum absolute atomic E-state index is 0.0562. The van der Waals surface area contributed by atoms with Crippen LogP contribution in [0.3, 0.4) is 0 Å². The molecule has 24 heavy (non-hydrogen) atoms. The van der Waals surface area contributed by atoms with Gasteiger partial charge < -0.3 is 19.3 Å². The van der Waals surface area contributed by atoms with E-state index in [1.54, 1.807) is 11.8 Å². The zero-order valence-corrected chi connectivity index (χ0v) is 14.1. The molecule has 2 aliphatic rings. The van der Waals surface area contributed by atoms with Crippen molar-refractivity contribution in [2.75, 3.05) is 44.3 Å². The maximum Gasteiger partial charge on any atom is 0.310 e. The number of carbonyl (C=O) groups is 2. The monoisotopic (exact) mass is 332 g/mol. The lowest BCUT2D eigenvalue weighted by Gasteiger charge is -2.35. The zero-order chi connectivity index (χ0) is 16.9. The number of rotatable bonds is 4. The van der Waals surface area contributed by atoms with Crippen LogP contribution in [0, 0.1) is 5.92 Å². The average Bonchev–Trinajstić information content (AvgIpc) is 2.62. The van der Waals surface area contributed by atoms with Crippen molar-refractivity contribution in [1.29, 1.82) is 0 Å². The van der Waals surface area contributed by atoms with Gasteiger partial charge in [0.15, 0.2) is 0 Å². The maximum absolute atomic E-state index is 12.7. The van der Waals surface area contributed by atoms with E-state index in [1.807, 2.05) is 24.3 Å². The second-order valence-corrected chi connectivity index (χ2v) is 6.17. The van der Waals surface area contributed by atoms with E-state index in [1.165, 1.54) is 0 Å². The fourth-order valence-corrected chi connectivity index (χ4v) is 3.31. The first-order valence-corrected chi connectivity index (χ1v) is 8.60. The molecule has 0 saturated carbocycles. The number of ether oxygens (including phenoxy) is 2. The smallest absolute Gasteiger partial charge is 0.310 e. The molecule has 1 atom stereocenters. The van der Waals surface area contributed by atoms with Gasteiger partial charge in [-0.15, -0.1) is 0 Å². The number of hydrogen-bond acceptors (Lipinski definition) is 5. The predicted molar refractivity (Wildman–Crippen MR) is 90.1 cm³/mol. The van der Waals surface area contributed by atoms with Gasteiger partial charge in [-0.3, -0.25) is 9.59 Å². The van der Waals surface area contributed by atoms with E-state index in [4.69, 9.17) is 9.47 Å². The van der Waals surface area contributed by atoms with E-state index in [2.05, 4.69) is 4.90 Å². The molecule has 130 valence electrons. The van der Waals surface area contributed by atoms with Gasteiger partial charge in [0.05, 0.1) is 31.3 Å². The summed E-state index contributed by atoms with van der Waals surface area (Å²) in [4.78, 5) is 28.5. The molecular formula is C18H24N2O4. The Hall–Kier alpha value is -2.24. The van der Waals surface area contributed by atoms with Gasteiger partial charge in [0, 0.05) is 13.1 Å². The second kappa shape index (κ2) is 7.55. The van der Waals surface area contributed by atoms with Crippen molar-refractivity contribution in [2.24, 2.45) is 5.92 Å². The van der Waals surface area contributed by atoms with Crippen LogP contribution in [0.2, 0.25) is 0 Å². The summed E-state index contributed by atoms with van der Waals surface area (Å²) in [6.07, 6.45) is 1.64. The Balaban J connectivity index is 1.62. The fourth-order valence-electron chi connectivity index (χ4n) is 3.31. The number of nitrogens with zero attached hydrogens (tertiary/aromatic N) is 2. The predicted octanol–water partition coefficient (Wildman–Crippen LogP) is 1.69. The minimum Gasteiger partial charge on any atom is -0.490 e. The lowest BCUT2D eigenvalue weighted by atomic mass is 9.98. The van der Waals surface area contributed by atoms with Crippen molar-refractivity contribution >= 4 is 17.6 Å². The summed E-state index contributed by atoms with van der Waals surface area (Å²) < 4.78 is 10.7. The number of likely N-dealkylation sites (tertiary alicyclic amines) is 1. The van der Waals surface area contributed by atoms with Crippen molar-refractivity contribution in [3.05, 3.63) is 24.3 Å². The molecule has 1 amide bonds. The molecule has 1 unspecified atom stereocenters. The molecule has 0 aromatic heterocycles. The molecule has 1 aromatic carbocycles. The van der Waals surface area contributed by atoms with Gasteiger partial charge in [-0.05, 0) is 31.9 Å². The van der Waals surface area contributed by atoms with Gasteiger partial charge in [0.1, 0.15) is 12.4 Å². The molecule has 2 heterocycles. The van der Waals surface area contributed by atoms with Gasteiger partial charge in [-0.1, -0.05) is 12.1 Å². The molecule has 1 aromatic rings. The number of carbonyl (C=O) groups excluding carboxylic acids is 2. The lowest BCUT2D eigenvalue weighted by Crippen LogP contribution is -2.48. The van der Waals surface area contributed by atoms with Crippen molar-refractivity contribution in [3.63, 3.8) is 0 Å². The number of amides is 1. The number of anilines is 1. The van der Waals surface area contributed by atoms with E-state index in [0.29, 0.717) is 39.4 Å². The SMILES string of the molecule is CCOC(=O)C1CCCN(C(=O)CN2CCOc3ccccc32)C1. The minimum atomic E-state index is -0.195. The van der Waals surface area contributed by atoms with Crippen molar-refractivity contribution in [1.82, 2.24) is 4.90 Å². The topological polar surface area (TPSA) is 59.1 Å². The van der Waals surface area contributed by atoms with E-state index >= 15 is 0 Å². The molecule has 3 rings (SSSR count). The van der Waals surface area contributed by atoms with Crippen LogP contribution >= 0.6 is 0 Å². The Morgan fingerprint density at radius 3 is 2.96 bits per heavy atom. The summed E-state index contributed by atoms with van der Waals surface area (Å²) in [6, 6.07) is 7.77. The summed E-state index contributed by atoms with van der Waals surface area (Å²) in [5.41, 5.74) is 0.955. The van der Waals surface area contributed by atoms with Crippen LogP contribution in [0.15, 0.2) is 24.3 Å². The van der Waals surface area contributed by atoms with Crippen LogP contribution in [-0.4, -0.2) is 56.2 Å². The summed E-state index contributed by atoms with van der Waals surface area (Å²) in [7, 11) is 0. The third-order valence-corrected chi connectivity index (χ3v) is 4.54. The Labute approximate surface area is 142 Å². The van der Waals surface area contributed by atoms with Crippen molar-refractivity contribution in [2.45, 2.75) is 19.8 Å². The van der Waals surface area contributed by atoms with Crippen LogP contribution in [0.4, 0.5) is 5.69 Å². The van der Waals surface area contributed by atoms with Crippen LogP contribution in [0.1, 0.15) is 19.8 Å². The van der Waals surface area contributed by atoms with E-state index in [9.17, 15) is 9.59 Å². The van der Waals surface area contributed by atoms with Gasteiger partial charge >= 0.3 is 5.97 Å². The molecule has 0 spiro atoms. The van der Waals surface area contributed by atoms with Gasteiger partial charge in [-0.25, -0.2) is 0 Å². The van der Waals surface area contributed by atoms with Gasteiger partial charge in [0.25, 0.3) is 0 Å². The highest BCUT2D eigenvalue weighted by Crippen LogP contribution is 2.31. The Morgan fingerprint density at radius 2 is 2.12 bits per heavy atom. The highest BCUT2D eigenvalue weighted by molar-refractivity contribution is 5.83. The van der Waals surface area contributed by atoms with E-state index < -0.39 is 0 Å². The number of esters is 1.